The molecular formula is C39H42O12. The lowest BCUT2D eigenvalue weighted by Crippen LogP contribution is -2.13. The molecule has 51 heavy (non-hydrogen) atoms. The zero-order chi connectivity index (χ0) is 37.2. The van der Waals surface area contributed by atoms with Gasteiger partial charge in [0.05, 0.1) is 59.3 Å². The quantitative estimate of drug-likeness (QED) is 0.101. The highest BCUT2D eigenvalue weighted by molar-refractivity contribution is 5.85. The molecule has 0 amide bonds. The maximum Gasteiger partial charge on any atom is 0.157 e. The summed E-state index contributed by atoms with van der Waals surface area (Å²) < 4.78 is 51.4. The lowest BCUT2D eigenvalue weighted by Gasteiger charge is -2.24. The lowest BCUT2D eigenvalue weighted by molar-refractivity contribution is 0.110. The number of carbonyl (C=O) groups is 3. The molecule has 12 nitrogen and oxygen atoms in total. The van der Waals surface area contributed by atoms with Crippen molar-refractivity contribution in [2.45, 2.75) is 40.6 Å². The number of rotatable bonds is 18. The Kier molecular flexibility index (Phi) is 12.7. The number of methoxy groups -OCH3 is 6. The summed E-state index contributed by atoms with van der Waals surface area (Å²) in [5.74, 6) is 3.22. The van der Waals surface area contributed by atoms with Gasteiger partial charge in [-0.2, -0.15) is 0 Å². The summed E-state index contributed by atoms with van der Waals surface area (Å²) in [7, 11) is 8.80. The molecular weight excluding hydrogens is 660 g/mol. The fourth-order valence-corrected chi connectivity index (χ4v) is 5.85. The van der Waals surface area contributed by atoms with Crippen molar-refractivity contribution >= 4 is 18.9 Å². The van der Waals surface area contributed by atoms with Crippen LogP contribution in [0.15, 0.2) is 36.4 Å². The minimum Gasteiger partial charge on any atom is -0.496 e. The van der Waals surface area contributed by atoms with Crippen LogP contribution < -0.4 is 42.6 Å². The molecule has 0 saturated carbocycles. The van der Waals surface area contributed by atoms with Gasteiger partial charge in [-0.15, -0.1) is 0 Å². The van der Waals surface area contributed by atoms with Crippen molar-refractivity contribution in [3.8, 4) is 51.7 Å². The molecule has 270 valence electrons. The van der Waals surface area contributed by atoms with Crippen molar-refractivity contribution in [2.75, 3.05) is 42.7 Å². The molecule has 0 unspecified atom stereocenters. The Hall–Kier alpha value is -5.91. The smallest absolute Gasteiger partial charge is 0.157 e. The number of aldehydes is 3. The Morgan fingerprint density at radius 3 is 0.745 bits per heavy atom. The Morgan fingerprint density at radius 1 is 0.392 bits per heavy atom. The van der Waals surface area contributed by atoms with Gasteiger partial charge in [-0.1, -0.05) is 0 Å². The van der Waals surface area contributed by atoms with Crippen molar-refractivity contribution in [1.29, 1.82) is 0 Å². The van der Waals surface area contributed by atoms with Gasteiger partial charge >= 0.3 is 0 Å². The van der Waals surface area contributed by atoms with E-state index in [1.165, 1.54) is 42.7 Å². The van der Waals surface area contributed by atoms with Gasteiger partial charge in [0.15, 0.2) is 18.9 Å². The average Bonchev–Trinajstić information content (AvgIpc) is 3.15. The van der Waals surface area contributed by atoms with E-state index >= 15 is 0 Å². The first-order chi connectivity index (χ1) is 24.6. The normalized spacial score (nSPS) is 10.5. The maximum atomic E-state index is 11.7. The van der Waals surface area contributed by atoms with Crippen LogP contribution >= 0.6 is 0 Å². The third kappa shape index (κ3) is 7.95. The monoisotopic (exact) mass is 702 g/mol. The second kappa shape index (κ2) is 17.1. The van der Waals surface area contributed by atoms with Crippen molar-refractivity contribution in [1.82, 2.24) is 0 Å². The zero-order valence-electron chi connectivity index (χ0n) is 30.2. The van der Waals surface area contributed by atoms with Crippen LogP contribution in [0.3, 0.4) is 0 Å². The fourth-order valence-electron chi connectivity index (χ4n) is 5.85. The van der Waals surface area contributed by atoms with Crippen LogP contribution in [0.2, 0.25) is 0 Å². The van der Waals surface area contributed by atoms with E-state index in [0.29, 0.717) is 70.6 Å². The third-order valence-electron chi connectivity index (χ3n) is 8.77. The van der Waals surface area contributed by atoms with Crippen LogP contribution in [0, 0.1) is 20.8 Å². The molecule has 0 N–H and O–H groups in total. The topological polar surface area (TPSA) is 134 Å². The molecule has 0 saturated heterocycles. The van der Waals surface area contributed by atoms with E-state index in [9.17, 15) is 14.4 Å². The fraction of sp³-hybridized carbons (Fsp3) is 0.308. The molecule has 0 aromatic heterocycles. The number of ether oxygens (including phenoxy) is 9. The van der Waals surface area contributed by atoms with Crippen molar-refractivity contribution in [3.05, 3.63) is 86.5 Å². The Morgan fingerprint density at radius 2 is 0.588 bits per heavy atom. The zero-order valence-corrected chi connectivity index (χ0v) is 30.2. The van der Waals surface area contributed by atoms with E-state index in [-0.39, 0.29) is 36.5 Å². The second-order valence-corrected chi connectivity index (χ2v) is 11.3. The van der Waals surface area contributed by atoms with Gasteiger partial charge in [-0.05, 0) is 54.2 Å². The highest BCUT2D eigenvalue weighted by Gasteiger charge is 2.22. The molecule has 0 heterocycles. The molecule has 0 aliphatic heterocycles. The minimum atomic E-state index is 0.149. The van der Waals surface area contributed by atoms with E-state index in [1.54, 1.807) is 36.4 Å². The summed E-state index contributed by atoms with van der Waals surface area (Å²) in [6.45, 7) is 6.41. The number of hydrogen-bond acceptors (Lipinski definition) is 12. The molecule has 12 heteroatoms. The first-order valence-corrected chi connectivity index (χ1v) is 15.8. The number of carbonyl (C=O) groups excluding carboxylic acids is 3. The summed E-state index contributed by atoms with van der Waals surface area (Å²) in [5.41, 5.74) is 6.26. The highest BCUT2D eigenvalue weighted by Crippen LogP contribution is 2.38. The molecule has 4 rings (SSSR count). The molecule has 0 aliphatic carbocycles. The first kappa shape index (κ1) is 37.9. The number of hydrogen-bond donors (Lipinski definition) is 0. The maximum absolute atomic E-state index is 11.7. The van der Waals surface area contributed by atoms with Crippen LogP contribution in [-0.2, 0) is 19.8 Å². The van der Waals surface area contributed by atoms with Crippen LogP contribution in [0.4, 0.5) is 0 Å². The van der Waals surface area contributed by atoms with E-state index in [0.717, 1.165) is 33.4 Å². The van der Waals surface area contributed by atoms with Gasteiger partial charge in [0, 0.05) is 36.4 Å². The highest BCUT2D eigenvalue weighted by atomic mass is 16.5. The summed E-state index contributed by atoms with van der Waals surface area (Å²) in [6, 6.07) is 9.79. The molecule has 0 atom stereocenters. The van der Waals surface area contributed by atoms with E-state index < -0.39 is 0 Å². The summed E-state index contributed by atoms with van der Waals surface area (Å²) >= 11 is 0. The molecule has 0 bridgehead atoms. The van der Waals surface area contributed by atoms with Crippen LogP contribution in [0.1, 0.15) is 64.5 Å². The van der Waals surface area contributed by atoms with E-state index in [1.807, 2.05) is 20.8 Å². The predicted molar refractivity (Wildman–Crippen MR) is 188 cm³/mol. The van der Waals surface area contributed by atoms with Gasteiger partial charge in [0.1, 0.15) is 71.6 Å². The SMILES string of the molecule is COc1cc(OCc2c(C)c(COc3cc(OC)c(C=O)c(OC)c3)c(C)c(COc3cc(OC)c(C=O)c(OC)c3)c2C)cc(OC)c1C=O. The molecule has 0 spiro atoms. The standard InChI is InChI=1S/C39H42O12/c1-22-31(19-49-25-10-34(43-4)28(16-40)35(11-25)44-5)23(2)33(21-51-27-14-38(47-8)30(18-42)39(15-27)48-9)24(3)32(22)20-50-26-12-36(45-6)29(17-41)37(13-26)46-7/h10-18H,19-21H2,1-9H3. The lowest BCUT2D eigenvalue weighted by atomic mass is 9.89. The summed E-state index contributed by atoms with van der Waals surface area (Å²) in [5, 5.41) is 0. The van der Waals surface area contributed by atoms with Crippen LogP contribution in [0.5, 0.6) is 51.7 Å². The summed E-state index contributed by atoms with van der Waals surface area (Å²) in [4.78, 5) is 35.1. The van der Waals surface area contributed by atoms with Gasteiger partial charge < -0.3 is 42.6 Å². The van der Waals surface area contributed by atoms with Crippen molar-refractivity contribution in [2.24, 2.45) is 0 Å². The van der Waals surface area contributed by atoms with Gasteiger partial charge in [-0.25, -0.2) is 0 Å². The third-order valence-corrected chi connectivity index (χ3v) is 8.77. The summed E-state index contributed by atoms with van der Waals surface area (Å²) in [6.07, 6.45) is 2.01. The molecule has 4 aromatic carbocycles. The first-order valence-electron chi connectivity index (χ1n) is 15.8. The molecule has 4 aromatic rings. The van der Waals surface area contributed by atoms with E-state index in [2.05, 4.69) is 0 Å². The van der Waals surface area contributed by atoms with Gasteiger partial charge in [0.2, 0.25) is 0 Å². The Balaban J connectivity index is 1.78. The van der Waals surface area contributed by atoms with Crippen molar-refractivity contribution < 1.29 is 57.0 Å². The number of benzene rings is 4. The Bertz CT molecular complexity index is 1600. The Labute approximate surface area is 297 Å². The van der Waals surface area contributed by atoms with Crippen LogP contribution in [0.25, 0.3) is 0 Å². The van der Waals surface area contributed by atoms with E-state index in [4.69, 9.17) is 42.6 Å². The minimum absolute atomic E-state index is 0.149. The molecule has 0 fully saturated rings. The van der Waals surface area contributed by atoms with Gasteiger partial charge in [0.25, 0.3) is 0 Å². The predicted octanol–water partition coefficient (Wildman–Crippen LogP) is 6.84. The largest absolute Gasteiger partial charge is 0.496 e. The van der Waals surface area contributed by atoms with Gasteiger partial charge in [-0.3, -0.25) is 14.4 Å². The average molecular weight is 703 g/mol. The van der Waals surface area contributed by atoms with Crippen molar-refractivity contribution in [3.63, 3.8) is 0 Å². The van der Waals surface area contributed by atoms with Crippen LogP contribution in [-0.4, -0.2) is 61.5 Å². The molecule has 0 radical (unpaired) electrons. The second-order valence-electron chi connectivity index (χ2n) is 11.3. The molecule has 0 aliphatic rings.